The van der Waals surface area contributed by atoms with Crippen molar-refractivity contribution in [2.45, 2.75) is 60.0 Å². The molecule has 1 aromatic carbocycles. The van der Waals surface area contributed by atoms with Crippen LogP contribution < -0.4 is 10.6 Å². The zero-order valence-corrected chi connectivity index (χ0v) is 15.4. The minimum Gasteiger partial charge on any atom is -0.361 e. The number of aryl methyl sites for hydroxylation is 4. The first-order chi connectivity index (χ1) is 11.3. The molecule has 130 valence electrons. The quantitative estimate of drug-likeness (QED) is 0.874. The van der Waals surface area contributed by atoms with Gasteiger partial charge in [-0.05, 0) is 53.5 Å². The molecule has 2 amide bonds. The predicted molar refractivity (Wildman–Crippen MR) is 95.1 cm³/mol. The van der Waals surface area contributed by atoms with E-state index in [1.165, 1.54) is 11.1 Å². The second-order valence-electron chi connectivity index (χ2n) is 6.67. The summed E-state index contributed by atoms with van der Waals surface area (Å²) in [5, 5.41) is 9.93. The Balaban J connectivity index is 1.92. The lowest BCUT2D eigenvalue weighted by atomic mass is 10.0. The number of rotatable bonds is 5. The highest BCUT2D eigenvalue weighted by Gasteiger charge is 2.16. The molecule has 24 heavy (non-hydrogen) atoms. The number of benzene rings is 1. The highest BCUT2D eigenvalue weighted by Crippen LogP contribution is 2.17. The average Bonchev–Trinajstić information content (AvgIpc) is 2.77. The van der Waals surface area contributed by atoms with E-state index >= 15 is 0 Å². The van der Waals surface area contributed by atoms with Crippen molar-refractivity contribution in [3.63, 3.8) is 0 Å². The summed E-state index contributed by atoms with van der Waals surface area (Å²) in [5.41, 5.74) is 5.45. The van der Waals surface area contributed by atoms with Crippen molar-refractivity contribution < 1.29 is 9.32 Å². The minimum atomic E-state index is -0.166. The van der Waals surface area contributed by atoms with Crippen LogP contribution in [0, 0.1) is 27.7 Å². The first-order valence-corrected chi connectivity index (χ1v) is 8.33. The summed E-state index contributed by atoms with van der Waals surface area (Å²) < 4.78 is 5.17. The molecule has 0 spiro atoms. The largest absolute Gasteiger partial charge is 0.361 e. The Morgan fingerprint density at radius 3 is 2.25 bits per heavy atom. The first-order valence-electron chi connectivity index (χ1n) is 8.33. The topological polar surface area (TPSA) is 67.2 Å². The summed E-state index contributed by atoms with van der Waals surface area (Å²) in [6, 6.07) is 6.11. The van der Waals surface area contributed by atoms with Gasteiger partial charge in [0.1, 0.15) is 5.76 Å². The second kappa shape index (κ2) is 7.51. The minimum absolute atomic E-state index is 0.00625. The lowest BCUT2D eigenvalue weighted by Crippen LogP contribution is -2.42. The van der Waals surface area contributed by atoms with Gasteiger partial charge in [-0.2, -0.15) is 0 Å². The van der Waals surface area contributed by atoms with Crippen LogP contribution in [0.5, 0.6) is 0 Å². The third kappa shape index (κ3) is 4.60. The summed E-state index contributed by atoms with van der Waals surface area (Å²) in [6.07, 6.45) is 0.701. The van der Waals surface area contributed by atoms with Crippen molar-refractivity contribution in [1.82, 2.24) is 15.8 Å². The van der Waals surface area contributed by atoms with Crippen LogP contribution in [-0.4, -0.2) is 17.2 Å². The SMILES string of the molecule is Cc1cc(C)cc(C(C)NC(=O)NC(C)Cc2c(C)noc2C)c1. The van der Waals surface area contributed by atoms with Crippen LogP contribution in [0.4, 0.5) is 4.79 Å². The van der Waals surface area contributed by atoms with Crippen LogP contribution in [0.1, 0.15) is 53.6 Å². The molecule has 0 aliphatic carbocycles. The molecule has 0 bridgehead atoms. The molecule has 0 saturated carbocycles. The second-order valence-corrected chi connectivity index (χ2v) is 6.67. The molecule has 0 fully saturated rings. The molecular weight excluding hydrogens is 302 g/mol. The third-order valence-corrected chi connectivity index (χ3v) is 4.16. The van der Waals surface area contributed by atoms with Crippen LogP contribution in [0.25, 0.3) is 0 Å². The zero-order valence-electron chi connectivity index (χ0n) is 15.4. The van der Waals surface area contributed by atoms with E-state index in [1.54, 1.807) is 0 Å². The maximum Gasteiger partial charge on any atom is 0.315 e. The van der Waals surface area contributed by atoms with E-state index in [9.17, 15) is 4.79 Å². The van der Waals surface area contributed by atoms with Crippen LogP contribution in [0.3, 0.4) is 0 Å². The molecule has 0 saturated heterocycles. The molecule has 5 heteroatoms. The van der Waals surface area contributed by atoms with Gasteiger partial charge in [0.05, 0.1) is 11.7 Å². The van der Waals surface area contributed by atoms with Crippen molar-refractivity contribution in [3.8, 4) is 0 Å². The Morgan fingerprint density at radius 2 is 1.71 bits per heavy atom. The lowest BCUT2D eigenvalue weighted by Gasteiger charge is -2.19. The molecule has 2 atom stereocenters. The van der Waals surface area contributed by atoms with Crippen molar-refractivity contribution >= 4 is 6.03 Å². The van der Waals surface area contributed by atoms with Gasteiger partial charge in [-0.3, -0.25) is 0 Å². The van der Waals surface area contributed by atoms with E-state index in [1.807, 2.05) is 27.7 Å². The van der Waals surface area contributed by atoms with Gasteiger partial charge in [-0.15, -0.1) is 0 Å². The van der Waals surface area contributed by atoms with Gasteiger partial charge in [0.2, 0.25) is 0 Å². The fourth-order valence-corrected chi connectivity index (χ4v) is 2.96. The standard InChI is InChI=1S/C19H27N3O2/c1-11-7-12(2)9-17(8-11)14(4)21-19(23)20-13(3)10-18-15(5)22-24-16(18)6/h7-9,13-14H,10H2,1-6H3,(H2,20,21,23). The summed E-state index contributed by atoms with van der Waals surface area (Å²) in [7, 11) is 0. The molecule has 2 N–H and O–H groups in total. The van der Waals surface area contributed by atoms with E-state index in [0.29, 0.717) is 6.42 Å². The lowest BCUT2D eigenvalue weighted by molar-refractivity contribution is 0.234. The zero-order chi connectivity index (χ0) is 17.9. The van der Waals surface area contributed by atoms with Crippen molar-refractivity contribution in [1.29, 1.82) is 0 Å². The van der Waals surface area contributed by atoms with E-state index in [4.69, 9.17) is 4.52 Å². The maximum atomic E-state index is 12.2. The highest BCUT2D eigenvalue weighted by atomic mass is 16.5. The van der Waals surface area contributed by atoms with Crippen molar-refractivity contribution in [3.05, 3.63) is 51.9 Å². The highest BCUT2D eigenvalue weighted by molar-refractivity contribution is 5.74. The van der Waals surface area contributed by atoms with Crippen LogP contribution in [0.2, 0.25) is 0 Å². The third-order valence-electron chi connectivity index (χ3n) is 4.16. The Hall–Kier alpha value is -2.30. The Morgan fingerprint density at radius 1 is 1.08 bits per heavy atom. The number of hydrogen-bond donors (Lipinski definition) is 2. The monoisotopic (exact) mass is 329 g/mol. The fraction of sp³-hybridized carbons (Fsp3) is 0.474. The first kappa shape index (κ1) is 18.0. The van der Waals surface area contributed by atoms with Gasteiger partial charge in [-0.25, -0.2) is 4.79 Å². The smallest absolute Gasteiger partial charge is 0.315 e. The molecule has 2 rings (SSSR count). The predicted octanol–water partition coefficient (Wildman–Crippen LogP) is 3.90. The molecular formula is C19H27N3O2. The Bertz CT molecular complexity index is 682. The van der Waals surface area contributed by atoms with Gasteiger partial charge in [0, 0.05) is 11.6 Å². The van der Waals surface area contributed by atoms with Crippen LogP contribution >= 0.6 is 0 Å². The van der Waals surface area contributed by atoms with Gasteiger partial charge in [-0.1, -0.05) is 34.5 Å². The van der Waals surface area contributed by atoms with Gasteiger partial charge >= 0.3 is 6.03 Å². The number of carbonyl (C=O) groups excluding carboxylic acids is 1. The Labute approximate surface area is 143 Å². The molecule has 5 nitrogen and oxygen atoms in total. The normalized spacial score (nSPS) is 13.4. The number of aromatic nitrogens is 1. The molecule has 0 aliphatic heterocycles. The molecule has 2 unspecified atom stereocenters. The molecule has 2 aromatic rings. The molecule has 0 aliphatic rings. The number of nitrogens with zero attached hydrogens (tertiary/aromatic N) is 1. The van der Waals surface area contributed by atoms with Crippen LogP contribution in [0.15, 0.2) is 22.7 Å². The van der Waals surface area contributed by atoms with E-state index in [-0.39, 0.29) is 18.1 Å². The molecule has 1 aromatic heterocycles. The van der Waals surface area contributed by atoms with Crippen LogP contribution in [-0.2, 0) is 6.42 Å². The number of carbonyl (C=O) groups is 1. The fourth-order valence-electron chi connectivity index (χ4n) is 2.96. The summed E-state index contributed by atoms with van der Waals surface area (Å²) in [6.45, 7) is 11.9. The summed E-state index contributed by atoms with van der Waals surface area (Å²) in [4.78, 5) is 12.2. The van der Waals surface area contributed by atoms with E-state index in [2.05, 4.69) is 47.8 Å². The number of nitrogens with one attached hydrogen (secondary N) is 2. The van der Waals surface area contributed by atoms with Crippen molar-refractivity contribution in [2.75, 3.05) is 0 Å². The average molecular weight is 329 g/mol. The van der Waals surface area contributed by atoms with Gasteiger partial charge < -0.3 is 15.2 Å². The van der Waals surface area contributed by atoms with Crippen molar-refractivity contribution in [2.24, 2.45) is 0 Å². The summed E-state index contributed by atoms with van der Waals surface area (Å²) >= 11 is 0. The van der Waals surface area contributed by atoms with E-state index in [0.717, 1.165) is 22.6 Å². The maximum absolute atomic E-state index is 12.2. The molecule has 0 radical (unpaired) electrons. The number of urea groups is 1. The van der Waals surface area contributed by atoms with E-state index < -0.39 is 0 Å². The number of hydrogen-bond acceptors (Lipinski definition) is 3. The number of amides is 2. The molecule has 1 heterocycles. The Kier molecular flexibility index (Phi) is 5.65. The van der Waals surface area contributed by atoms with Gasteiger partial charge in [0.15, 0.2) is 0 Å². The van der Waals surface area contributed by atoms with Gasteiger partial charge in [0.25, 0.3) is 0 Å². The summed E-state index contributed by atoms with van der Waals surface area (Å²) in [5.74, 6) is 0.810.